The molecule has 0 aliphatic heterocycles. The molecule has 0 saturated heterocycles. The quantitative estimate of drug-likeness (QED) is 0.110. The van der Waals surface area contributed by atoms with Crippen molar-refractivity contribution in [3.8, 4) is 11.5 Å². The number of rotatable bonds is 15. The number of hydrogen-bond donors (Lipinski definition) is 4. The molecule has 1 unspecified atom stereocenters. The molecule has 0 bridgehead atoms. The van der Waals surface area contributed by atoms with Crippen molar-refractivity contribution in [2.24, 2.45) is 11.8 Å². The van der Waals surface area contributed by atoms with Crippen molar-refractivity contribution in [1.29, 1.82) is 0 Å². The molecule has 3 aromatic rings. The van der Waals surface area contributed by atoms with Crippen molar-refractivity contribution in [3.63, 3.8) is 0 Å². The number of amides is 2. The van der Waals surface area contributed by atoms with Gasteiger partial charge in [0.1, 0.15) is 23.2 Å². The summed E-state index contributed by atoms with van der Waals surface area (Å²) in [6, 6.07) is 14.4. The van der Waals surface area contributed by atoms with Gasteiger partial charge >= 0.3 is 5.97 Å². The van der Waals surface area contributed by atoms with Crippen LogP contribution in [-0.4, -0.2) is 37.6 Å². The van der Waals surface area contributed by atoms with Crippen molar-refractivity contribution in [2.75, 3.05) is 0 Å². The third-order valence-electron chi connectivity index (χ3n) is 6.54. The van der Waals surface area contributed by atoms with Gasteiger partial charge in [0.15, 0.2) is 5.15 Å². The maximum Gasteiger partial charge on any atom is 0.307 e. The Morgan fingerprint density at radius 2 is 1.78 bits per heavy atom. The second kappa shape index (κ2) is 15.2. The molecule has 3 rings (SSSR count). The fourth-order valence-electron chi connectivity index (χ4n) is 4.45. The molecule has 1 heterocycles. The Morgan fingerprint density at radius 3 is 2.41 bits per heavy atom. The highest BCUT2D eigenvalue weighted by Crippen LogP contribution is 2.27. The Morgan fingerprint density at radius 1 is 1.07 bits per heavy atom. The molecular weight excluding hydrogens is 548 g/mol. The molecule has 220 valence electrons. The van der Waals surface area contributed by atoms with Crippen LogP contribution in [0.3, 0.4) is 0 Å². The van der Waals surface area contributed by atoms with Crippen molar-refractivity contribution < 1.29 is 29.4 Å². The zero-order chi connectivity index (χ0) is 29.9. The van der Waals surface area contributed by atoms with Crippen LogP contribution in [0, 0.1) is 11.8 Å². The Bertz CT molecular complexity index is 1340. The third-order valence-corrected chi connectivity index (χ3v) is 6.85. The topological polar surface area (TPSA) is 143 Å². The summed E-state index contributed by atoms with van der Waals surface area (Å²) in [5, 5.41) is 21.3. The zero-order valence-electron chi connectivity index (χ0n) is 23.5. The number of nitrogens with one attached hydrogen (secondary N) is 2. The van der Waals surface area contributed by atoms with Gasteiger partial charge in [0.05, 0.1) is 18.7 Å². The molecule has 0 aliphatic carbocycles. The van der Waals surface area contributed by atoms with E-state index in [0.717, 1.165) is 24.2 Å². The number of para-hydroxylation sites is 1. The van der Waals surface area contributed by atoms with Gasteiger partial charge in [-0.3, -0.25) is 19.6 Å². The number of halogens is 1. The van der Waals surface area contributed by atoms with Crippen LogP contribution in [-0.2, 0) is 40.3 Å². The van der Waals surface area contributed by atoms with E-state index in [-0.39, 0.29) is 30.5 Å². The average molecular weight is 585 g/mol. The average Bonchev–Trinajstić information content (AvgIpc) is 3.23. The van der Waals surface area contributed by atoms with E-state index in [1.807, 2.05) is 42.7 Å². The monoisotopic (exact) mass is 584 g/mol. The normalized spacial score (nSPS) is 11.8. The van der Waals surface area contributed by atoms with Gasteiger partial charge < -0.3 is 19.7 Å². The van der Waals surface area contributed by atoms with E-state index < -0.39 is 23.7 Å². The molecule has 0 saturated carbocycles. The summed E-state index contributed by atoms with van der Waals surface area (Å²) in [6.45, 7) is 6.37. The lowest BCUT2D eigenvalue weighted by Gasteiger charge is -2.18. The van der Waals surface area contributed by atoms with E-state index in [2.05, 4.69) is 17.2 Å². The summed E-state index contributed by atoms with van der Waals surface area (Å²) in [7, 11) is 0. The number of imidazole rings is 1. The van der Waals surface area contributed by atoms with E-state index >= 15 is 0 Å². The number of carboxylic acids is 1. The van der Waals surface area contributed by atoms with E-state index in [1.54, 1.807) is 29.7 Å². The molecule has 0 radical (unpaired) electrons. The number of aromatic nitrogens is 2. The fraction of sp³-hybridized carbons (Fsp3) is 0.400. The Labute approximate surface area is 244 Å². The molecule has 1 atom stereocenters. The lowest BCUT2D eigenvalue weighted by atomic mass is 9.95. The van der Waals surface area contributed by atoms with Crippen molar-refractivity contribution >= 4 is 29.4 Å². The lowest BCUT2D eigenvalue weighted by Crippen LogP contribution is -2.41. The summed E-state index contributed by atoms with van der Waals surface area (Å²) in [5.41, 5.74) is 3.71. The minimum atomic E-state index is -1.04. The van der Waals surface area contributed by atoms with Crippen LogP contribution in [0.4, 0.5) is 0 Å². The second-order valence-corrected chi connectivity index (χ2v) is 10.6. The summed E-state index contributed by atoms with van der Waals surface area (Å²) < 4.78 is 7.93. The number of unbranched alkanes of at least 4 members (excludes halogenated alkanes) is 1. The third kappa shape index (κ3) is 9.06. The van der Waals surface area contributed by atoms with Gasteiger partial charge in [-0.1, -0.05) is 69.1 Å². The van der Waals surface area contributed by atoms with Crippen molar-refractivity contribution in [2.45, 2.75) is 66.0 Å². The molecule has 1 aromatic heterocycles. The summed E-state index contributed by atoms with van der Waals surface area (Å²) in [6.07, 6.45) is 2.73. The predicted molar refractivity (Wildman–Crippen MR) is 154 cm³/mol. The van der Waals surface area contributed by atoms with Crippen LogP contribution in [0.2, 0.25) is 5.15 Å². The molecule has 11 heteroatoms. The number of nitrogens with zero attached hydrogens (tertiary/aromatic N) is 2. The molecule has 2 aromatic carbocycles. The number of hydrogen-bond acceptors (Lipinski definition) is 6. The number of aryl methyl sites for hydroxylation is 1. The van der Waals surface area contributed by atoms with Gasteiger partial charge in [-0.2, -0.15) is 0 Å². The maximum absolute atomic E-state index is 12.9. The first-order valence-corrected chi connectivity index (χ1v) is 14.0. The lowest BCUT2D eigenvalue weighted by molar-refractivity contribution is -0.141. The van der Waals surface area contributed by atoms with Crippen molar-refractivity contribution in [1.82, 2.24) is 20.3 Å². The van der Waals surface area contributed by atoms with Gasteiger partial charge in [-0.15, -0.1) is 0 Å². The number of carboxylic acid groups (broad SMARTS) is 1. The minimum absolute atomic E-state index is 0.0612. The summed E-state index contributed by atoms with van der Waals surface area (Å²) in [4.78, 5) is 40.7. The van der Waals surface area contributed by atoms with Gasteiger partial charge in [-0.05, 0) is 42.5 Å². The van der Waals surface area contributed by atoms with Gasteiger partial charge in [-0.25, -0.2) is 10.5 Å². The number of ether oxygens (including phenoxy) is 1. The smallest absolute Gasteiger partial charge is 0.307 e. The molecule has 4 N–H and O–H groups in total. The van der Waals surface area contributed by atoms with Crippen LogP contribution < -0.4 is 15.5 Å². The van der Waals surface area contributed by atoms with Crippen molar-refractivity contribution in [3.05, 3.63) is 76.3 Å². The zero-order valence-corrected chi connectivity index (χ0v) is 24.3. The number of hydroxylamine groups is 1. The maximum atomic E-state index is 12.9. The van der Waals surface area contributed by atoms with Crippen LogP contribution in [0.1, 0.15) is 62.7 Å². The Balaban J connectivity index is 1.80. The molecule has 0 aliphatic rings. The van der Waals surface area contributed by atoms with E-state index in [4.69, 9.17) is 21.5 Å². The standard InChI is InChI=1S/C30H37ClN4O6/c1-4-5-10-26-33-28(31)24(17-32-29(38)23(15-19(2)3)30(39)34-40)35(26)18-20-11-13-22(14-12-20)41-25-9-7-6-8-21(25)16-27(36)37/h6-9,11-14,19,23,40H,4-5,10,15-18H2,1-3H3,(H,32,38)(H,34,39)(H,36,37). The first-order valence-electron chi connectivity index (χ1n) is 13.6. The van der Waals surface area contributed by atoms with E-state index in [9.17, 15) is 19.5 Å². The Hall–Kier alpha value is -3.89. The summed E-state index contributed by atoms with van der Waals surface area (Å²) >= 11 is 6.53. The van der Waals surface area contributed by atoms with E-state index in [0.29, 0.717) is 35.7 Å². The second-order valence-electron chi connectivity index (χ2n) is 10.3. The van der Waals surface area contributed by atoms with Gasteiger partial charge in [0, 0.05) is 18.5 Å². The number of carbonyl (C=O) groups excluding carboxylic acids is 2. The molecule has 2 amide bonds. The molecule has 10 nitrogen and oxygen atoms in total. The predicted octanol–water partition coefficient (Wildman–Crippen LogP) is 5.13. The molecule has 0 spiro atoms. The first kappa shape index (κ1) is 31.6. The van der Waals surface area contributed by atoms with Crippen LogP contribution >= 0.6 is 11.6 Å². The van der Waals surface area contributed by atoms with Gasteiger partial charge in [0.2, 0.25) is 5.91 Å². The molecular formula is C30H37ClN4O6. The largest absolute Gasteiger partial charge is 0.481 e. The number of carbonyl (C=O) groups is 3. The van der Waals surface area contributed by atoms with Gasteiger partial charge in [0.25, 0.3) is 5.91 Å². The highest BCUT2D eigenvalue weighted by molar-refractivity contribution is 6.30. The highest BCUT2D eigenvalue weighted by Gasteiger charge is 2.28. The fourth-order valence-corrected chi connectivity index (χ4v) is 4.71. The molecule has 41 heavy (non-hydrogen) atoms. The van der Waals surface area contributed by atoms with Crippen LogP contribution in [0.25, 0.3) is 0 Å². The Kier molecular flexibility index (Phi) is 11.7. The van der Waals surface area contributed by atoms with E-state index in [1.165, 1.54) is 0 Å². The summed E-state index contributed by atoms with van der Waals surface area (Å²) in [5.74, 6) is -1.34. The van der Waals surface area contributed by atoms with Crippen LogP contribution in [0.15, 0.2) is 48.5 Å². The minimum Gasteiger partial charge on any atom is -0.481 e. The number of benzene rings is 2. The molecule has 0 fully saturated rings. The highest BCUT2D eigenvalue weighted by atomic mass is 35.5. The first-order chi connectivity index (χ1) is 19.6. The number of aliphatic carboxylic acids is 1. The SMILES string of the molecule is CCCCc1nc(Cl)c(CNC(=O)C(CC(C)C)C(=O)NO)n1Cc1ccc(Oc2ccccc2CC(=O)O)cc1. The van der Waals surface area contributed by atoms with Crippen LogP contribution in [0.5, 0.6) is 11.5 Å².